The Balaban J connectivity index is 2.70. The van der Waals surface area contributed by atoms with E-state index in [2.05, 4.69) is 0 Å². The molecule has 0 aliphatic heterocycles. The maximum Gasteiger partial charge on any atom is 0.159 e. The number of benzene rings is 1. The monoisotopic (exact) mass is 318 g/mol. The molecule has 0 aromatic heterocycles. The molecule has 0 spiro atoms. The Bertz CT molecular complexity index is 672. The lowest BCUT2D eigenvalue weighted by Crippen LogP contribution is -2.47. The summed E-state index contributed by atoms with van der Waals surface area (Å²) in [7, 11) is 1.53. The molecule has 0 saturated carbocycles. The summed E-state index contributed by atoms with van der Waals surface area (Å²) in [6.07, 6.45) is -0.118. The minimum Gasteiger partial charge on any atom is -0.512 e. The van der Waals surface area contributed by atoms with Crippen LogP contribution in [0.3, 0.4) is 0 Å². The van der Waals surface area contributed by atoms with Crippen molar-refractivity contribution in [2.24, 2.45) is 5.92 Å². The molecule has 0 saturated heterocycles. The molecule has 0 heterocycles. The summed E-state index contributed by atoms with van der Waals surface area (Å²) in [5.41, 5.74) is -0.589. The number of aliphatic hydroxyl groups is 2. The second-order valence-electron chi connectivity index (χ2n) is 6.29. The van der Waals surface area contributed by atoms with Crippen LogP contribution in [0.1, 0.15) is 38.7 Å². The highest BCUT2D eigenvalue weighted by atomic mass is 16.5. The summed E-state index contributed by atoms with van der Waals surface area (Å²) < 4.78 is 5.21. The first kappa shape index (κ1) is 17.2. The van der Waals surface area contributed by atoms with Gasteiger partial charge in [-0.3, -0.25) is 9.59 Å². The topological polar surface area (TPSA) is 83.8 Å². The van der Waals surface area contributed by atoms with Crippen molar-refractivity contribution in [3.05, 3.63) is 41.2 Å². The summed E-state index contributed by atoms with van der Waals surface area (Å²) >= 11 is 0. The Hall–Kier alpha value is -2.14. The van der Waals surface area contributed by atoms with Crippen LogP contribution in [0.2, 0.25) is 0 Å². The van der Waals surface area contributed by atoms with E-state index in [4.69, 9.17) is 4.74 Å². The Kier molecular flexibility index (Phi) is 4.61. The van der Waals surface area contributed by atoms with Crippen LogP contribution in [-0.4, -0.2) is 34.5 Å². The molecule has 0 fully saturated rings. The smallest absolute Gasteiger partial charge is 0.159 e. The van der Waals surface area contributed by atoms with Gasteiger partial charge in [-0.2, -0.15) is 0 Å². The summed E-state index contributed by atoms with van der Waals surface area (Å²) in [6.45, 7) is 4.27. The van der Waals surface area contributed by atoms with Crippen LogP contribution in [0.4, 0.5) is 0 Å². The van der Waals surface area contributed by atoms with E-state index in [1.807, 2.05) is 0 Å². The molecule has 0 amide bonds. The molecule has 1 aliphatic carbocycles. The number of carbonyl (C=O) groups is 2. The Morgan fingerprint density at radius 3 is 2.48 bits per heavy atom. The van der Waals surface area contributed by atoms with Crippen LogP contribution in [0.25, 0.3) is 0 Å². The lowest BCUT2D eigenvalue weighted by molar-refractivity contribution is -0.132. The van der Waals surface area contributed by atoms with Gasteiger partial charge in [-0.1, -0.05) is 12.1 Å². The third kappa shape index (κ3) is 3.15. The lowest BCUT2D eigenvalue weighted by atomic mass is 9.64. The first-order chi connectivity index (χ1) is 10.7. The van der Waals surface area contributed by atoms with Crippen LogP contribution < -0.4 is 4.74 Å². The summed E-state index contributed by atoms with van der Waals surface area (Å²) in [5.74, 6) is -1.63. The van der Waals surface area contributed by atoms with Crippen molar-refractivity contribution < 1.29 is 24.5 Å². The zero-order valence-electron chi connectivity index (χ0n) is 13.8. The molecule has 124 valence electrons. The van der Waals surface area contributed by atoms with E-state index >= 15 is 0 Å². The minimum atomic E-state index is -1.43. The Labute approximate surface area is 135 Å². The fourth-order valence-corrected chi connectivity index (χ4v) is 3.54. The zero-order chi connectivity index (χ0) is 17.4. The highest BCUT2D eigenvalue weighted by Gasteiger charge is 2.49. The summed E-state index contributed by atoms with van der Waals surface area (Å²) in [5, 5.41) is 21.0. The molecule has 1 aliphatic rings. The van der Waals surface area contributed by atoms with E-state index in [9.17, 15) is 19.8 Å². The van der Waals surface area contributed by atoms with Gasteiger partial charge in [-0.25, -0.2) is 0 Å². The average molecular weight is 318 g/mol. The molecule has 0 radical (unpaired) electrons. The van der Waals surface area contributed by atoms with E-state index in [0.717, 1.165) is 0 Å². The van der Waals surface area contributed by atoms with Crippen molar-refractivity contribution in [1.82, 2.24) is 0 Å². The number of ketones is 2. The molecule has 1 aromatic rings. The molecule has 3 atom stereocenters. The highest BCUT2D eigenvalue weighted by Crippen LogP contribution is 2.47. The molecular formula is C18H22O5. The van der Waals surface area contributed by atoms with Gasteiger partial charge in [-0.05, 0) is 38.5 Å². The standard InChI is InChI=1S/C18H22O5/c1-10(19)15-14(21)9-18(3,22)17(11(2)20)16(15)12-6-5-7-13(8-12)23-4/h5-8,16-17,21-22H,9H2,1-4H3/t16-,17+,18+/m1/s1. The van der Waals surface area contributed by atoms with Crippen LogP contribution in [0, 0.1) is 5.92 Å². The van der Waals surface area contributed by atoms with E-state index in [0.29, 0.717) is 11.3 Å². The maximum absolute atomic E-state index is 12.2. The molecule has 1 aromatic carbocycles. The fourth-order valence-electron chi connectivity index (χ4n) is 3.54. The number of aliphatic hydroxyl groups excluding tert-OH is 1. The molecule has 5 heteroatoms. The summed E-state index contributed by atoms with van der Waals surface area (Å²) in [4.78, 5) is 24.3. The van der Waals surface area contributed by atoms with Gasteiger partial charge in [0.2, 0.25) is 0 Å². The van der Waals surface area contributed by atoms with E-state index in [1.165, 1.54) is 27.9 Å². The van der Waals surface area contributed by atoms with Crippen molar-refractivity contribution in [2.45, 2.75) is 38.7 Å². The molecule has 23 heavy (non-hydrogen) atoms. The van der Waals surface area contributed by atoms with Crippen LogP contribution >= 0.6 is 0 Å². The first-order valence-corrected chi connectivity index (χ1v) is 7.48. The summed E-state index contributed by atoms with van der Waals surface area (Å²) in [6, 6.07) is 6.99. The van der Waals surface area contributed by atoms with Crippen molar-refractivity contribution in [1.29, 1.82) is 0 Å². The largest absolute Gasteiger partial charge is 0.512 e. The Morgan fingerprint density at radius 2 is 1.96 bits per heavy atom. The zero-order valence-corrected chi connectivity index (χ0v) is 13.8. The minimum absolute atomic E-state index is 0.118. The second-order valence-corrected chi connectivity index (χ2v) is 6.29. The maximum atomic E-state index is 12.2. The number of allylic oxidation sites excluding steroid dienone is 1. The van der Waals surface area contributed by atoms with Gasteiger partial charge < -0.3 is 14.9 Å². The molecule has 0 unspecified atom stereocenters. The van der Waals surface area contributed by atoms with Crippen molar-refractivity contribution in [3.63, 3.8) is 0 Å². The normalized spacial score (nSPS) is 27.7. The first-order valence-electron chi connectivity index (χ1n) is 7.48. The second kappa shape index (κ2) is 6.16. The van der Waals surface area contributed by atoms with E-state index in [-0.39, 0.29) is 29.3 Å². The Morgan fingerprint density at radius 1 is 1.30 bits per heavy atom. The van der Waals surface area contributed by atoms with Gasteiger partial charge in [0, 0.05) is 17.9 Å². The molecule has 2 N–H and O–H groups in total. The predicted octanol–water partition coefficient (Wildman–Crippen LogP) is 2.54. The van der Waals surface area contributed by atoms with Crippen LogP contribution in [0.5, 0.6) is 5.75 Å². The quantitative estimate of drug-likeness (QED) is 0.891. The fraction of sp³-hybridized carbons (Fsp3) is 0.444. The number of ether oxygens (including phenoxy) is 1. The van der Waals surface area contributed by atoms with Gasteiger partial charge in [0.15, 0.2) is 5.78 Å². The molecule has 2 rings (SSSR count). The van der Waals surface area contributed by atoms with Crippen LogP contribution in [0.15, 0.2) is 35.6 Å². The number of hydrogen-bond donors (Lipinski definition) is 2. The average Bonchev–Trinajstić information content (AvgIpc) is 2.44. The van der Waals surface area contributed by atoms with E-state index in [1.54, 1.807) is 24.3 Å². The molecule has 5 nitrogen and oxygen atoms in total. The SMILES string of the molecule is COc1cccc([C@@H]2C(C(C)=O)=C(O)C[C@](C)(O)[C@H]2C(C)=O)c1. The van der Waals surface area contributed by atoms with Gasteiger partial charge in [0.25, 0.3) is 0 Å². The number of rotatable bonds is 4. The van der Waals surface area contributed by atoms with Crippen molar-refractivity contribution >= 4 is 11.6 Å². The molecule has 0 bridgehead atoms. The number of hydrogen-bond acceptors (Lipinski definition) is 5. The van der Waals surface area contributed by atoms with E-state index < -0.39 is 17.4 Å². The van der Waals surface area contributed by atoms with Crippen molar-refractivity contribution in [3.8, 4) is 5.75 Å². The number of carbonyl (C=O) groups excluding carboxylic acids is 2. The van der Waals surface area contributed by atoms with Gasteiger partial charge >= 0.3 is 0 Å². The predicted molar refractivity (Wildman–Crippen MR) is 85.5 cm³/mol. The lowest BCUT2D eigenvalue weighted by Gasteiger charge is -2.42. The highest BCUT2D eigenvalue weighted by molar-refractivity contribution is 5.97. The van der Waals surface area contributed by atoms with Crippen molar-refractivity contribution in [2.75, 3.05) is 7.11 Å². The van der Waals surface area contributed by atoms with Gasteiger partial charge in [0.05, 0.1) is 18.6 Å². The van der Waals surface area contributed by atoms with Crippen LogP contribution in [-0.2, 0) is 9.59 Å². The van der Waals surface area contributed by atoms with Gasteiger partial charge in [0.1, 0.15) is 17.3 Å². The third-order valence-corrected chi connectivity index (χ3v) is 4.42. The van der Waals surface area contributed by atoms with Gasteiger partial charge in [-0.15, -0.1) is 0 Å². The number of Topliss-reactive ketones (excluding diaryl/α,β-unsaturated/α-hetero) is 2. The molecular weight excluding hydrogens is 296 g/mol. The third-order valence-electron chi connectivity index (χ3n) is 4.42. The number of methoxy groups -OCH3 is 1.